The van der Waals surface area contributed by atoms with Crippen molar-refractivity contribution in [3.63, 3.8) is 0 Å². The first-order valence-corrected chi connectivity index (χ1v) is 11.8. The van der Waals surface area contributed by atoms with E-state index in [9.17, 15) is 14.4 Å². The predicted molar refractivity (Wildman–Crippen MR) is 128 cm³/mol. The molecule has 1 aromatic carbocycles. The van der Waals surface area contributed by atoms with Gasteiger partial charge in [0.15, 0.2) is 0 Å². The molecule has 2 amide bonds. The van der Waals surface area contributed by atoms with E-state index in [0.717, 1.165) is 18.4 Å². The van der Waals surface area contributed by atoms with E-state index in [0.29, 0.717) is 34.8 Å². The highest BCUT2D eigenvalue weighted by atomic mass is 19.1. The minimum atomic E-state index is -1.00. The average Bonchev–Trinajstić information content (AvgIpc) is 3.39. The zero-order valence-electron chi connectivity index (χ0n) is 20.3. The SMILES string of the molecule is COc1ccc2c(n1)CCN(C(=O)Cc1cc(=O)[nH]o1)C2C(=O)Nc1cc(F)c2c(c1)CCC2(C)C. The summed E-state index contributed by atoms with van der Waals surface area (Å²) in [6.45, 7) is 4.25. The van der Waals surface area contributed by atoms with E-state index in [4.69, 9.17) is 9.26 Å². The summed E-state index contributed by atoms with van der Waals surface area (Å²) in [5.74, 6) is -0.642. The van der Waals surface area contributed by atoms with E-state index in [1.165, 1.54) is 24.1 Å². The van der Waals surface area contributed by atoms with Crippen molar-refractivity contribution in [1.82, 2.24) is 15.0 Å². The summed E-state index contributed by atoms with van der Waals surface area (Å²) in [4.78, 5) is 44.2. The van der Waals surface area contributed by atoms with E-state index in [2.05, 4.69) is 15.5 Å². The molecule has 3 heterocycles. The number of methoxy groups -OCH3 is 1. The smallest absolute Gasteiger partial charge is 0.280 e. The Hall–Kier alpha value is -3.95. The van der Waals surface area contributed by atoms with Gasteiger partial charge in [-0.15, -0.1) is 0 Å². The highest BCUT2D eigenvalue weighted by Crippen LogP contribution is 2.41. The Morgan fingerprint density at radius 2 is 2.08 bits per heavy atom. The number of aromatic amines is 1. The Kier molecular flexibility index (Phi) is 5.89. The number of benzene rings is 1. The maximum Gasteiger partial charge on any atom is 0.280 e. The fourth-order valence-corrected chi connectivity index (χ4v) is 5.26. The topological polar surface area (TPSA) is 118 Å². The van der Waals surface area contributed by atoms with Gasteiger partial charge in [0.25, 0.3) is 11.5 Å². The van der Waals surface area contributed by atoms with Gasteiger partial charge >= 0.3 is 0 Å². The van der Waals surface area contributed by atoms with Crippen molar-refractivity contribution in [1.29, 1.82) is 0 Å². The van der Waals surface area contributed by atoms with Crippen LogP contribution in [0.25, 0.3) is 0 Å². The summed E-state index contributed by atoms with van der Waals surface area (Å²) in [6.07, 6.45) is 1.79. The predicted octanol–water partition coefficient (Wildman–Crippen LogP) is 3.04. The molecule has 1 atom stereocenters. The molecule has 36 heavy (non-hydrogen) atoms. The molecule has 0 fully saturated rings. The first kappa shape index (κ1) is 23.8. The lowest BCUT2D eigenvalue weighted by atomic mass is 9.86. The molecule has 1 unspecified atom stereocenters. The van der Waals surface area contributed by atoms with E-state index in [-0.39, 0.29) is 35.9 Å². The third-order valence-electron chi connectivity index (χ3n) is 6.99. The zero-order valence-corrected chi connectivity index (χ0v) is 20.3. The van der Waals surface area contributed by atoms with Gasteiger partial charge in [-0.1, -0.05) is 13.8 Å². The molecule has 0 saturated carbocycles. The maximum absolute atomic E-state index is 15.0. The molecular formula is C26H27FN4O5. The Morgan fingerprint density at radius 3 is 2.81 bits per heavy atom. The normalized spacial score (nSPS) is 17.9. The second-order valence-electron chi connectivity index (χ2n) is 9.85. The summed E-state index contributed by atoms with van der Waals surface area (Å²) < 4.78 is 25.3. The van der Waals surface area contributed by atoms with Crippen LogP contribution in [0.5, 0.6) is 5.88 Å². The van der Waals surface area contributed by atoms with Gasteiger partial charge in [0, 0.05) is 36.3 Å². The molecule has 188 valence electrons. The number of carbonyl (C=O) groups is 2. The zero-order chi connectivity index (χ0) is 25.6. The van der Waals surface area contributed by atoms with Gasteiger partial charge in [-0.3, -0.25) is 14.4 Å². The highest BCUT2D eigenvalue weighted by Gasteiger charge is 2.38. The Balaban J connectivity index is 1.47. The second kappa shape index (κ2) is 8.92. The van der Waals surface area contributed by atoms with Crippen LogP contribution in [0, 0.1) is 5.82 Å². The molecule has 0 bridgehead atoms. The van der Waals surface area contributed by atoms with Crippen LogP contribution in [-0.4, -0.2) is 40.5 Å². The number of fused-ring (bicyclic) bond motifs is 2. The molecule has 9 nitrogen and oxygen atoms in total. The van der Waals surface area contributed by atoms with Crippen molar-refractivity contribution in [2.24, 2.45) is 0 Å². The number of halogens is 1. The van der Waals surface area contributed by atoms with Crippen molar-refractivity contribution < 1.29 is 23.2 Å². The van der Waals surface area contributed by atoms with Crippen LogP contribution in [-0.2, 0) is 34.3 Å². The Morgan fingerprint density at radius 1 is 1.28 bits per heavy atom. The number of pyridine rings is 1. The van der Waals surface area contributed by atoms with Gasteiger partial charge in [-0.2, -0.15) is 5.16 Å². The van der Waals surface area contributed by atoms with E-state index in [1.807, 2.05) is 19.9 Å². The summed E-state index contributed by atoms with van der Waals surface area (Å²) in [5.41, 5.74) is 2.40. The number of nitrogens with one attached hydrogen (secondary N) is 2. The van der Waals surface area contributed by atoms with E-state index < -0.39 is 17.5 Å². The molecule has 2 aromatic heterocycles. The van der Waals surface area contributed by atoms with Crippen LogP contribution in [0.15, 0.2) is 39.6 Å². The molecule has 2 N–H and O–H groups in total. The maximum atomic E-state index is 15.0. The number of aryl methyl sites for hydroxylation is 1. The van der Waals surface area contributed by atoms with Crippen LogP contribution in [0.4, 0.5) is 10.1 Å². The standard InChI is InChI=1S/C26H27FN4O5/c1-26(2)8-6-14-10-15(11-18(27)23(14)26)28-25(34)24-17-4-5-21(35-3)29-19(17)7-9-31(24)22(33)13-16-12-20(32)30-36-16/h4-5,10-12,24H,6-9,13H2,1-3H3,(H,28,34)(H,30,32). The number of hydrogen-bond acceptors (Lipinski definition) is 6. The fourth-order valence-electron chi connectivity index (χ4n) is 5.26. The van der Waals surface area contributed by atoms with Crippen LogP contribution in [0.3, 0.4) is 0 Å². The van der Waals surface area contributed by atoms with Crippen LogP contribution in [0.1, 0.15) is 54.5 Å². The number of anilines is 1. The van der Waals surface area contributed by atoms with Crippen molar-refractivity contribution >= 4 is 17.5 Å². The molecular weight excluding hydrogens is 467 g/mol. The Labute approximate surface area is 206 Å². The van der Waals surface area contributed by atoms with E-state index >= 15 is 4.39 Å². The molecule has 0 radical (unpaired) electrons. The van der Waals surface area contributed by atoms with Crippen molar-refractivity contribution in [2.75, 3.05) is 19.0 Å². The highest BCUT2D eigenvalue weighted by molar-refractivity contribution is 5.98. The summed E-state index contributed by atoms with van der Waals surface area (Å²) in [6, 6.07) is 6.69. The number of nitrogens with zero attached hydrogens (tertiary/aromatic N) is 2. The first-order valence-electron chi connectivity index (χ1n) is 11.8. The molecule has 1 aliphatic carbocycles. The lowest BCUT2D eigenvalue weighted by Gasteiger charge is -2.36. The molecule has 5 rings (SSSR count). The largest absolute Gasteiger partial charge is 0.481 e. The van der Waals surface area contributed by atoms with Crippen LogP contribution >= 0.6 is 0 Å². The number of rotatable bonds is 5. The number of hydrogen-bond donors (Lipinski definition) is 2. The summed E-state index contributed by atoms with van der Waals surface area (Å²) in [5, 5.41) is 4.98. The van der Waals surface area contributed by atoms with Crippen molar-refractivity contribution in [2.45, 2.75) is 51.0 Å². The van der Waals surface area contributed by atoms with Crippen molar-refractivity contribution in [3.05, 3.63) is 74.6 Å². The van der Waals surface area contributed by atoms with Gasteiger partial charge < -0.3 is 19.5 Å². The van der Waals surface area contributed by atoms with Crippen molar-refractivity contribution in [3.8, 4) is 5.88 Å². The average molecular weight is 495 g/mol. The number of carbonyl (C=O) groups excluding carboxylic acids is 2. The summed E-state index contributed by atoms with van der Waals surface area (Å²) >= 11 is 0. The third-order valence-corrected chi connectivity index (χ3v) is 6.99. The number of aromatic nitrogens is 2. The van der Waals surface area contributed by atoms with Crippen LogP contribution in [0.2, 0.25) is 0 Å². The Bertz CT molecular complexity index is 1410. The lowest BCUT2D eigenvalue weighted by molar-refractivity contribution is -0.139. The molecule has 1 aliphatic heterocycles. The first-order chi connectivity index (χ1) is 17.2. The molecule has 0 spiro atoms. The number of H-pyrrole nitrogens is 1. The molecule has 2 aliphatic rings. The lowest BCUT2D eigenvalue weighted by Crippen LogP contribution is -2.46. The molecule has 3 aromatic rings. The van der Waals surface area contributed by atoms with Gasteiger partial charge in [0.1, 0.15) is 17.6 Å². The second-order valence-corrected chi connectivity index (χ2v) is 9.85. The van der Waals surface area contributed by atoms with Gasteiger partial charge in [0.05, 0.1) is 19.2 Å². The number of ether oxygens (including phenoxy) is 1. The van der Waals surface area contributed by atoms with E-state index in [1.54, 1.807) is 12.1 Å². The third kappa shape index (κ3) is 4.27. The molecule has 0 saturated heterocycles. The van der Waals surface area contributed by atoms with Gasteiger partial charge in [0.2, 0.25) is 11.8 Å². The number of amides is 2. The monoisotopic (exact) mass is 494 g/mol. The van der Waals surface area contributed by atoms with Crippen LogP contribution < -0.4 is 15.6 Å². The molecule has 10 heteroatoms. The summed E-state index contributed by atoms with van der Waals surface area (Å²) in [7, 11) is 1.51. The fraction of sp³-hybridized carbons (Fsp3) is 0.385. The minimum absolute atomic E-state index is 0.172. The minimum Gasteiger partial charge on any atom is -0.481 e. The quantitative estimate of drug-likeness (QED) is 0.563. The van der Waals surface area contributed by atoms with Gasteiger partial charge in [-0.05, 0) is 47.6 Å². The van der Waals surface area contributed by atoms with Gasteiger partial charge in [-0.25, -0.2) is 9.37 Å².